The summed E-state index contributed by atoms with van der Waals surface area (Å²) in [6.45, 7) is 6.74. The quantitative estimate of drug-likeness (QED) is 0.302. The average molecular weight is 376 g/mol. The molecule has 0 radical (unpaired) electrons. The first-order chi connectivity index (χ1) is 14.0. The fourth-order valence-corrected chi connectivity index (χ4v) is 3.93. The molecule has 0 saturated carbocycles. The van der Waals surface area contributed by atoms with Gasteiger partial charge in [0.25, 0.3) is 0 Å². The predicted octanol–water partition coefficient (Wildman–Crippen LogP) is 8.22. The predicted molar refractivity (Wildman–Crippen MR) is 123 cm³/mol. The molecule has 1 nitrogen and oxygen atoms in total. The van der Waals surface area contributed by atoms with Crippen LogP contribution in [-0.2, 0) is 5.41 Å². The second-order valence-corrected chi connectivity index (χ2v) is 8.72. The molecule has 0 aliphatic rings. The summed E-state index contributed by atoms with van der Waals surface area (Å²) in [6, 6.07) is 32.3. The highest BCUT2D eigenvalue weighted by atomic mass is 16.3. The van der Waals surface area contributed by atoms with Crippen LogP contribution < -0.4 is 0 Å². The number of hydrogen-bond acceptors (Lipinski definition) is 1. The number of hydrogen-bond donors (Lipinski definition) is 0. The van der Waals surface area contributed by atoms with Crippen LogP contribution in [-0.4, -0.2) is 0 Å². The fourth-order valence-electron chi connectivity index (χ4n) is 3.93. The molecule has 142 valence electrons. The molecule has 0 aliphatic heterocycles. The van der Waals surface area contributed by atoms with Gasteiger partial charge in [-0.05, 0) is 57.5 Å². The van der Waals surface area contributed by atoms with Gasteiger partial charge in [-0.1, -0.05) is 87.5 Å². The standard InChI is InChI=1S/C28H24O/c1-28(2,3)23-13-9-20(10-14-23)22-12-16-27-25(18-22)24-17-21(11-15-26(24)29-27)19-7-5-4-6-8-19/h4-18H,1-3H3. The van der Waals surface area contributed by atoms with Crippen molar-refractivity contribution in [1.29, 1.82) is 0 Å². The highest BCUT2D eigenvalue weighted by Crippen LogP contribution is 2.35. The van der Waals surface area contributed by atoms with E-state index in [0.717, 1.165) is 21.9 Å². The minimum Gasteiger partial charge on any atom is -0.456 e. The molecule has 5 aromatic rings. The van der Waals surface area contributed by atoms with Crippen LogP contribution in [0.1, 0.15) is 26.3 Å². The van der Waals surface area contributed by atoms with Crippen LogP contribution in [0.25, 0.3) is 44.2 Å². The van der Waals surface area contributed by atoms with E-state index in [1.807, 2.05) is 6.07 Å². The van der Waals surface area contributed by atoms with Gasteiger partial charge < -0.3 is 4.42 Å². The molecule has 0 amide bonds. The lowest BCUT2D eigenvalue weighted by atomic mass is 9.86. The van der Waals surface area contributed by atoms with Crippen molar-refractivity contribution >= 4 is 21.9 Å². The van der Waals surface area contributed by atoms with Crippen molar-refractivity contribution in [2.45, 2.75) is 26.2 Å². The lowest BCUT2D eigenvalue weighted by Crippen LogP contribution is -2.10. The van der Waals surface area contributed by atoms with Crippen molar-refractivity contribution in [2.24, 2.45) is 0 Å². The van der Waals surface area contributed by atoms with Crippen molar-refractivity contribution in [3.8, 4) is 22.3 Å². The minimum absolute atomic E-state index is 0.164. The lowest BCUT2D eigenvalue weighted by Gasteiger charge is -2.19. The molecule has 1 heterocycles. The van der Waals surface area contributed by atoms with Crippen LogP contribution in [0.3, 0.4) is 0 Å². The van der Waals surface area contributed by atoms with Crippen LogP contribution in [0.15, 0.2) is 95.4 Å². The third-order valence-corrected chi connectivity index (χ3v) is 5.66. The Morgan fingerprint density at radius 1 is 0.517 bits per heavy atom. The molecule has 0 bridgehead atoms. The molecule has 0 fully saturated rings. The average Bonchev–Trinajstić information content (AvgIpc) is 3.11. The van der Waals surface area contributed by atoms with Gasteiger partial charge in [0.1, 0.15) is 11.2 Å². The molecule has 0 saturated heterocycles. The van der Waals surface area contributed by atoms with Crippen LogP contribution in [0.5, 0.6) is 0 Å². The highest BCUT2D eigenvalue weighted by molar-refractivity contribution is 6.07. The van der Waals surface area contributed by atoms with E-state index in [9.17, 15) is 0 Å². The van der Waals surface area contributed by atoms with E-state index in [-0.39, 0.29) is 5.41 Å². The number of fused-ring (bicyclic) bond motifs is 3. The smallest absolute Gasteiger partial charge is 0.135 e. The maximum absolute atomic E-state index is 6.10. The number of benzene rings is 4. The second kappa shape index (κ2) is 6.63. The molecule has 5 rings (SSSR count). The SMILES string of the molecule is CC(C)(C)c1ccc(-c2ccc3oc4ccc(-c5ccccc5)cc4c3c2)cc1. The zero-order valence-electron chi connectivity index (χ0n) is 17.1. The Labute approximate surface area is 171 Å². The van der Waals surface area contributed by atoms with Crippen molar-refractivity contribution in [3.63, 3.8) is 0 Å². The molecule has 4 aromatic carbocycles. The summed E-state index contributed by atoms with van der Waals surface area (Å²) in [7, 11) is 0. The molecular weight excluding hydrogens is 352 g/mol. The van der Waals surface area contributed by atoms with Crippen LogP contribution in [0, 0.1) is 0 Å². The maximum atomic E-state index is 6.10. The summed E-state index contributed by atoms with van der Waals surface area (Å²) in [5.74, 6) is 0. The molecular formula is C28H24O. The van der Waals surface area contributed by atoms with E-state index in [2.05, 4.69) is 106 Å². The van der Waals surface area contributed by atoms with Gasteiger partial charge in [0.15, 0.2) is 0 Å². The monoisotopic (exact) mass is 376 g/mol. The summed E-state index contributed by atoms with van der Waals surface area (Å²) in [5.41, 5.74) is 8.25. The van der Waals surface area contributed by atoms with Gasteiger partial charge in [-0.2, -0.15) is 0 Å². The Kier molecular flexibility index (Phi) is 4.06. The van der Waals surface area contributed by atoms with Gasteiger partial charge in [-0.25, -0.2) is 0 Å². The van der Waals surface area contributed by atoms with Crippen LogP contribution in [0.4, 0.5) is 0 Å². The third kappa shape index (κ3) is 3.23. The van der Waals surface area contributed by atoms with E-state index >= 15 is 0 Å². The zero-order valence-corrected chi connectivity index (χ0v) is 17.1. The summed E-state index contributed by atoms with van der Waals surface area (Å²) in [4.78, 5) is 0. The van der Waals surface area contributed by atoms with Gasteiger partial charge in [0.05, 0.1) is 0 Å². The normalized spacial score (nSPS) is 12.0. The Hall–Kier alpha value is -3.32. The van der Waals surface area contributed by atoms with E-state index < -0.39 is 0 Å². The van der Waals surface area contributed by atoms with Gasteiger partial charge in [0.2, 0.25) is 0 Å². The van der Waals surface area contributed by atoms with Gasteiger partial charge in [-0.3, -0.25) is 0 Å². The van der Waals surface area contributed by atoms with Crippen molar-refractivity contribution in [1.82, 2.24) is 0 Å². The molecule has 1 aromatic heterocycles. The van der Waals surface area contributed by atoms with E-state index in [1.165, 1.54) is 27.8 Å². The first kappa shape index (κ1) is 17.8. The highest BCUT2D eigenvalue weighted by Gasteiger charge is 2.14. The fraction of sp³-hybridized carbons (Fsp3) is 0.143. The van der Waals surface area contributed by atoms with E-state index in [1.54, 1.807) is 0 Å². The van der Waals surface area contributed by atoms with E-state index in [0.29, 0.717) is 0 Å². The van der Waals surface area contributed by atoms with Crippen LogP contribution in [0.2, 0.25) is 0 Å². The Balaban J connectivity index is 1.63. The summed E-state index contributed by atoms with van der Waals surface area (Å²) < 4.78 is 6.10. The minimum atomic E-state index is 0.164. The number of rotatable bonds is 2. The molecule has 1 heteroatoms. The lowest BCUT2D eigenvalue weighted by molar-refractivity contribution is 0.590. The third-order valence-electron chi connectivity index (χ3n) is 5.66. The van der Waals surface area contributed by atoms with Crippen molar-refractivity contribution < 1.29 is 4.42 Å². The van der Waals surface area contributed by atoms with E-state index in [4.69, 9.17) is 4.42 Å². The van der Waals surface area contributed by atoms with Crippen LogP contribution >= 0.6 is 0 Å². The summed E-state index contributed by atoms with van der Waals surface area (Å²) in [6.07, 6.45) is 0. The Morgan fingerprint density at radius 2 is 1.00 bits per heavy atom. The maximum Gasteiger partial charge on any atom is 0.135 e. The first-order valence-electron chi connectivity index (χ1n) is 10.1. The topological polar surface area (TPSA) is 13.1 Å². The molecule has 29 heavy (non-hydrogen) atoms. The Morgan fingerprint density at radius 3 is 1.52 bits per heavy atom. The van der Waals surface area contributed by atoms with Gasteiger partial charge >= 0.3 is 0 Å². The van der Waals surface area contributed by atoms with Crippen molar-refractivity contribution in [3.05, 3.63) is 96.6 Å². The zero-order chi connectivity index (χ0) is 20.0. The molecule has 0 spiro atoms. The van der Waals surface area contributed by atoms with Gasteiger partial charge in [-0.15, -0.1) is 0 Å². The van der Waals surface area contributed by atoms with Crippen molar-refractivity contribution in [2.75, 3.05) is 0 Å². The summed E-state index contributed by atoms with van der Waals surface area (Å²) >= 11 is 0. The molecule has 0 unspecified atom stereocenters. The molecule has 0 aliphatic carbocycles. The number of furan rings is 1. The first-order valence-corrected chi connectivity index (χ1v) is 10.1. The summed E-state index contributed by atoms with van der Waals surface area (Å²) in [5, 5.41) is 2.32. The largest absolute Gasteiger partial charge is 0.456 e. The Bertz CT molecular complexity index is 1300. The molecule has 0 atom stereocenters. The molecule has 0 N–H and O–H groups in total. The van der Waals surface area contributed by atoms with Gasteiger partial charge in [0, 0.05) is 10.8 Å². The second-order valence-electron chi connectivity index (χ2n) is 8.72.